The van der Waals surface area contributed by atoms with E-state index in [4.69, 9.17) is 0 Å². The van der Waals surface area contributed by atoms with Crippen molar-refractivity contribution in [2.24, 2.45) is 0 Å². The van der Waals surface area contributed by atoms with E-state index in [-0.39, 0.29) is 36.5 Å². The normalized spacial score (nSPS) is 29.8. The third kappa shape index (κ3) is 1.82. The first-order valence-electron chi connectivity index (χ1n) is 5.28. The van der Waals surface area contributed by atoms with Crippen molar-refractivity contribution in [2.75, 3.05) is 14.1 Å². The average Bonchev–Trinajstić information content (AvgIpc) is 2.66. The molecular formula is C10H13N3O4. The molecule has 0 spiro atoms. The number of rotatable bonds is 2. The number of imide groups is 2. The number of carbonyl (C=O) groups is 4. The van der Waals surface area contributed by atoms with Gasteiger partial charge in [-0.1, -0.05) is 0 Å². The summed E-state index contributed by atoms with van der Waals surface area (Å²) in [5.41, 5.74) is 0. The van der Waals surface area contributed by atoms with Crippen molar-refractivity contribution >= 4 is 23.6 Å². The number of nitrogens with one attached hydrogen (secondary N) is 1. The van der Waals surface area contributed by atoms with Gasteiger partial charge in [0.2, 0.25) is 23.6 Å². The van der Waals surface area contributed by atoms with Crippen LogP contribution >= 0.6 is 0 Å². The number of carbonyl (C=O) groups excluding carboxylic acids is 4. The minimum absolute atomic E-state index is 0.0387. The van der Waals surface area contributed by atoms with Crippen LogP contribution in [0.4, 0.5) is 0 Å². The van der Waals surface area contributed by atoms with Gasteiger partial charge in [0.25, 0.3) is 0 Å². The van der Waals surface area contributed by atoms with Crippen LogP contribution in [0.2, 0.25) is 0 Å². The number of likely N-dealkylation sites (N-methyl/N-ethyl adjacent to an activating group) is 2. The molecule has 1 N–H and O–H groups in total. The zero-order valence-corrected chi connectivity index (χ0v) is 9.60. The van der Waals surface area contributed by atoms with Crippen molar-refractivity contribution in [3.63, 3.8) is 0 Å². The van der Waals surface area contributed by atoms with Gasteiger partial charge in [0.15, 0.2) is 0 Å². The Morgan fingerprint density at radius 2 is 1.24 bits per heavy atom. The van der Waals surface area contributed by atoms with Gasteiger partial charge in [-0.05, 0) is 0 Å². The highest BCUT2D eigenvalue weighted by molar-refractivity contribution is 6.07. The summed E-state index contributed by atoms with van der Waals surface area (Å²) in [6, 6.07) is -1.39. The lowest BCUT2D eigenvalue weighted by Crippen LogP contribution is -2.46. The van der Waals surface area contributed by atoms with E-state index in [1.807, 2.05) is 0 Å². The summed E-state index contributed by atoms with van der Waals surface area (Å²) >= 11 is 0. The largest absolute Gasteiger partial charge is 0.294 e. The minimum Gasteiger partial charge on any atom is -0.294 e. The molecule has 0 aromatic heterocycles. The molecule has 2 rings (SSSR count). The maximum atomic E-state index is 11.6. The number of likely N-dealkylation sites (tertiary alicyclic amines) is 2. The molecule has 0 bridgehead atoms. The number of hydrogen-bond acceptors (Lipinski definition) is 5. The third-order valence-electron chi connectivity index (χ3n) is 3.17. The molecule has 2 aliphatic heterocycles. The summed E-state index contributed by atoms with van der Waals surface area (Å²) in [6.07, 6.45) is 0.0774. The van der Waals surface area contributed by atoms with E-state index >= 15 is 0 Å². The van der Waals surface area contributed by atoms with Gasteiger partial charge in [0.05, 0.1) is 24.9 Å². The van der Waals surface area contributed by atoms with Crippen LogP contribution in [0.3, 0.4) is 0 Å². The van der Waals surface area contributed by atoms with E-state index in [1.54, 1.807) is 0 Å². The van der Waals surface area contributed by atoms with E-state index < -0.39 is 12.1 Å². The lowest BCUT2D eigenvalue weighted by molar-refractivity contribution is -0.138. The highest BCUT2D eigenvalue weighted by Gasteiger charge is 2.42. The summed E-state index contributed by atoms with van der Waals surface area (Å²) in [5, 5.41) is 2.77. The first-order valence-corrected chi connectivity index (χ1v) is 5.28. The molecule has 2 heterocycles. The van der Waals surface area contributed by atoms with Crippen molar-refractivity contribution in [3.8, 4) is 0 Å². The number of amides is 4. The Balaban J connectivity index is 2.04. The van der Waals surface area contributed by atoms with E-state index in [2.05, 4.69) is 5.32 Å². The van der Waals surface area contributed by atoms with Crippen LogP contribution in [-0.4, -0.2) is 59.6 Å². The Morgan fingerprint density at radius 1 is 0.882 bits per heavy atom. The predicted octanol–water partition coefficient (Wildman–Crippen LogP) is -1.91. The first-order chi connectivity index (χ1) is 7.91. The summed E-state index contributed by atoms with van der Waals surface area (Å²) in [6.45, 7) is 0. The van der Waals surface area contributed by atoms with Crippen molar-refractivity contribution in [2.45, 2.75) is 24.9 Å². The van der Waals surface area contributed by atoms with Crippen molar-refractivity contribution in [1.29, 1.82) is 0 Å². The quantitative estimate of drug-likeness (QED) is 0.568. The highest BCUT2D eigenvalue weighted by Crippen LogP contribution is 2.16. The lowest BCUT2D eigenvalue weighted by atomic mass is 10.2. The van der Waals surface area contributed by atoms with Crippen LogP contribution in [-0.2, 0) is 19.2 Å². The van der Waals surface area contributed by atoms with Gasteiger partial charge in [0, 0.05) is 14.1 Å². The second kappa shape index (κ2) is 3.92. The molecule has 2 unspecified atom stereocenters. The fourth-order valence-corrected chi connectivity index (χ4v) is 2.01. The Bertz CT molecular complexity index is 382. The number of nitrogens with zero attached hydrogens (tertiary/aromatic N) is 2. The van der Waals surface area contributed by atoms with Crippen molar-refractivity contribution in [3.05, 3.63) is 0 Å². The molecule has 0 radical (unpaired) electrons. The third-order valence-corrected chi connectivity index (χ3v) is 3.17. The first kappa shape index (κ1) is 11.7. The molecule has 0 aromatic rings. The SMILES string of the molecule is CN1C(=O)CC(NC2CC(=O)N(C)C2=O)C1=O. The maximum absolute atomic E-state index is 11.6. The van der Waals surface area contributed by atoms with Gasteiger partial charge >= 0.3 is 0 Å². The molecule has 2 saturated heterocycles. The molecule has 2 fully saturated rings. The molecule has 17 heavy (non-hydrogen) atoms. The van der Waals surface area contributed by atoms with E-state index in [1.165, 1.54) is 14.1 Å². The van der Waals surface area contributed by atoms with Crippen molar-refractivity contribution in [1.82, 2.24) is 15.1 Å². The van der Waals surface area contributed by atoms with Crippen LogP contribution < -0.4 is 5.32 Å². The second-order valence-electron chi connectivity index (χ2n) is 4.26. The maximum Gasteiger partial charge on any atom is 0.246 e. The van der Waals surface area contributed by atoms with Crippen LogP contribution in [0.25, 0.3) is 0 Å². The minimum atomic E-state index is -0.694. The van der Waals surface area contributed by atoms with Crippen LogP contribution in [0.15, 0.2) is 0 Å². The van der Waals surface area contributed by atoms with Gasteiger partial charge in [-0.25, -0.2) is 0 Å². The molecule has 4 amide bonds. The number of hydrogen-bond donors (Lipinski definition) is 1. The summed E-state index contributed by atoms with van der Waals surface area (Å²) in [5.74, 6) is -1.27. The molecular weight excluding hydrogens is 226 g/mol. The Labute approximate surface area is 97.7 Å². The van der Waals surface area contributed by atoms with E-state index in [9.17, 15) is 19.2 Å². The standard InChI is InChI=1S/C10H13N3O4/c1-12-7(14)3-5(9(12)16)11-6-4-8(15)13(2)10(6)17/h5-6,11H,3-4H2,1-2H3. The second-order valence-corrected chi connectivity index (χ2v) is 4.26. The fourth-order valence-electron chi connectivity index (χ4n) is 2.01. The van der Waals surface area contributed by atoms with Crippen LogP contribution in [0.1, 0.15) is 12.8 Å². The Morgan fingerprint density at radius 3 is 1.47 bits per heavy atom. The summed E-state index contributed by atoms with van der Waals surface area (Å²) < 4.78 is 0. The molecule has 7 nitrogen and oxygen atoms in total. The van der Waals surface area contributed by atoms with Crippen LogP contribution in [0, 0.1) is 0 Å². The Kier molecular flexibility index (Phi) is 2.70. The molecule has 0 saturated carbocycles. The van der Waals surface area contributed by atoms with E-state index in [0.29, 0.717) is 0 Å². The molecule has 92 valence electrons. The average molecular weight is 239 g/mol. The molecule has 2 aliphatic rings. The zero-order chi connectivity index (χ0) is 12.7. The highest BCUT2D eigenvalue weighted by atomic mass is 16.2. The zero-order valence-electron chi connectivity index (χ0n) is 9.60. The lowest BCUT2D eigenvalue weighted by Gasteiger charge is -2.15. The van der Waals surface area contributed by atoms with Gasteiger partial charge in [0.1, 0.15) is 0 Å². The monoisotopic (exact) mass is 239 g/mol. The molecule has 7 heteroatoms. The van der Waals surface area contributed by atoms with Gasteiger partial charge in [-0.2, -0.15) is 0 Å². The van der Waals surface area contributed by atoms with Gasteiger partial charge in [-0.3, -0.25) is 34.3 Å². The fraction of sp³-hybridized carbons (Fsp3) is 0.600. The van der Waals surface area contributed by atoms with Crippen molar-refractivity contribution < 1.29 is 19.2 Å². The smallest absolute Gasteiger partial charge is 0.246 e. The predicted molar refractivity (Wildman–Crippen MR) is 55.5 cm³/mol. The Hall–Kier alpha value is -1.76. The van der Waals surface area contributed by atoms with Gasteiger partial charge in [-0.15, -0.1) is 0 Å². The summed E-state index contributed by atoms with van der Waals surface area (Å²) in [7, 11) is 2.81. The van der Waals surface area contributed by atoms with Crippen LogP contribution in [0.5, 0.6) is 0 Å². The molecule has 0 aromatic carbocycles. The molecule has 0 aliphatic carbocycles. The topological polar surface area (TPSA) is 86.8 Å². The molecule has 2 atom stereocenters. The van der Waals surface area contributed by atoms with E-state index in [0.717, 1.165) is 9.80 Å². The van der Waals surface area contributed by atoms with Gasteiger partial charge < -0.3 is 0 Å². The summed E-state index contributed by atoms with van der Waals surface area (Å²) in [4.78, 5) is 47.8.